The van der Waals surface area contributed by atoms with Crippen LogP contribution in [0.2, 0.25) is 0 Å². The fourth-order valence-corrected chi connectivity index (χ4v) is 1.76. The van der Waals surface area contributed by atoms with E-state index in [1.54, 1.807) is 6.26 Å². The summed E-state index contributed by atoms with van der Waals surface area (Å²) in [6, 6.07) is 2.08. The maximum Gasteiger partial charge on any atom is 0.156 e. The predicted octanol–water partition coefficient (Wildman–Crippen LogP) is -0.411. The number of nitriles is 1. The molecule has 0 N–H and O–H groups in total. The maximum absolute atomic E-state index is 10.8. The minimum Gasteiger partial charge on any atom is -0.361 e. The third-order valence-electron chi connectivity index (χ3n) is 1.99. The second-order valence-corrected chi connectivity index (χ2v) is 4.62. The van der Waals surface area contributed by atoms with E-state index < -0.39 is 10.8 Å². The third kappa shape index (κ3) is 3.85. The SMILES string of the molecule is CS(=O)CCN1CCOC(C#N)C1. The molecule has 1 fully saturated rings. The highest BCUT2D eigenvalue weighted by atomic mass is 32.2. The molecule has 5 heteroatoms. The van der Waals surface area contributed by atoms with E-state index in [2.05, 4.69) is 11.0 Å². The van der Waals surface area contributed by atoms with Gasteiger partial charge in [0.15, 0.2) is 6.10 Å². The molecule has 4 nitrogen and oxygen atoms in total. The quantitative estimate of drug-likeness (QED) is 0.624. The first-order chi connectivity index (χ1) is 6.22. The van der Waals surface area contributed by atoms with Crippen molar-refractivity contribution in [3.05, 3.63) is 0 Å². The molecule has 0 aromatic carbocycles. The van der Waals surface area contributed by atoms with Gasteiger partial charge in [0, 0.05) is 42.4 Å². The van der Waals surface area contributed by atoms with Crippen LogP contribution >= 0.6 is 0 Å². The molecule has 2 unspecified atom stereocenters. The van der Waals surface area contributed by atoms with Crippen molar-refractivity contribution >= 4 is 10.8 Å². The molecule has 1 heterocycles. The van der Waals surface area contributed by atoms with Gasteiger partial charge >= 0.3 is 0 Å². The van der Waals surface area contributed by atoms with Crippen molar-refractivity contribution in [1.82, 2.24) is 4.90 Å². The minimum absolute atomic E-state index is 0.306. The Labute approximate surface area is 80.9 Å². The minimum atomic E-state index is -0.746. The first-order valence-corrected chi connectivity index (χ1v) is 5.98. The fourth-order valence-electron chi connectivity index (χ4n) is 1.24. The first kappa shape index (κ1) is 10.6. The molecule has 0 aliphatic carbocycles. The highest BCUT2D eigenvalue weighted by Crippen LogP contribution is 2.03. The van der Waals surface area contributed by atoms with Gasteiger partial charge in [0.05, 0.1) is 12.7 Å². The molecule has 0 saturated carbocycles. The maximum atomic E-state index is 10.8. The summed E-state index contributed by atoms with van der Waals surface area (Å²) in [7, 11) is -0.746. The summed E-state index contributed by atoms with van der Waals surface area (Å²) in [6.45, 7) is 2.89. The summed E-state index contributed by atoms with van der Waals surface area (Å²) >= 11 is 0. The van der Waals surface area contributed by atoms with E-state index in [0.29, 0.717) is 18.9 Å². The Bertz CT molecular complexity index is 227. The summed E-state index contributed by atoms with van der Waals surface area (Å²) in [6.07, 6.45) is 1.39. The molecular formula is C8H14N2O2S. The Balaban J connectivity index is 2.27. The van der Waals surface area contributed by atoms with Gasteiger partial charge in [-0.3, -0.25) is 9.11 Å². The Morgan fingerprint density at radius 2 is 2.54 bits per heavy atom. The van der Waals surface area contributed by atoms with Crippen LogP contribution in [0.4, 0.5) is 0 Å². The molecule has 1 rings (SSSR count). The first-order valence-electron chi connectivity index (χ1n) is 4.26. The lowest BCUT2D eigenvalue weighted by Gasteiger charge is -2.29. The van der Waals surface area contributed by atoms with Crippen LogP contribution in [-0.4, -0.2) is 53.5 Å². The molecule has 0 spiro atoms. The average Bonchev–Trinajstić information content (AvgIpc) is 2.15. The lowest BCUT2D eigenvalue weighted by molar-refractivity contribution is 0.00305. The fraction of sp³-hybridized carbons (Fsp3) is 0.875. The van der Waals surface area contributed by atoms with Gasteiger partial charge in [-0.15, -0.1) is 0 Å². The molecule has 1 saturated heterocycles. The summed E-state index contributed by atoms with van der Waals surface area (Å²) in [4.78, 5) is 2.12. The van der Waals surface area contributed by atoms with Gasteiger partial charge in [0.2, 0.25) is 0 Å². The van der Waals surface area contributed by atoms with E-state index >= 15 is 0 Å². The number of hydrogen-bond donors (Lipinski definition) is 0. The lowest BCUT2D eigenvalue weighted by atomic mass is 10.3. The summed E-state index contributed by atoms with van der Waals surface area (Å²) in [5.74, 6) is 0.679. The Kier molecular flexibility index (Phi) is 4.36. The molecule has 1 aliphatic rings. The van der Waals surface area contributed by atoms with Crippen molar-refractivity contribution in [2.75, 3.05) is 38.2 Å². The second kappa shape index (κ2) is 5.32. The van der Waals surface area contributed by atoms with E-state index in [4.69, 9.17) is 10.00 Å². The molecule has 74 valence electrons. The summed E-state index contributed by atoms with van der Waals surface area (Å²) in [5, 5.41) is 8.62. The Hall–Kier alpha value is -0.440. The Morgan fingerprint density at radius 3 is 3.15 bits per heavy atom. The summed E-state index contributed by atoms with van der Waals surface area (Å²) < 4.78 is 16.0. The van der Waals surface area contributed by atoms with Gasteiger partial charge in [0.1, 0.15) is 0 Å². The molecule has 0 aromatic heterocycles. The predicted molar refractivity (Wildman–Crippen MR) is 50.7 cm³/mol. The van der Waals surface area contributed by atoms with Crippen LogP contribution in [0, 0.1) is 11.3 Å². The molecule has 2 atom stereocenters. The number of nitrogens with zero attached hydrogens (tertiary/aromatic N) is 2. The van der Waals surface area contributed by atoms with Gasteiger partial charge in [-0.25, -0.2) is 0 Å². The van der Waals surface area contributed by atoms with E-state index in [-0.39, 0.29) is 6.10 Å². The number of rotatable bonds is 3. The van der Waals surface area contributed by atoms with Crippen molar-refractivity contribution in [3.63, 3.8) is 0 Å². The lowest BCUT2D eigenvalue weighted by Crippen LogP contribution is -2.43. The van der Waals surface area contributed by atoms with Crippen molar-refractivity contribution in [2.24, 2.45) is 0 Å². The van der Waals surface area contributed by atoms with Crippen LogP contribution in [0.3, 0.4) is 0 Å². The standard InChI is InChI=1S/C8H14N2O2S/c1-13(11)5-3-10-2-4-12-8(6-9)7-10/h8H,2-5,7H2,1H3. The van der Waals surface area contributed by atoms with E-state index in [9.17, 15) is 4.21 Å². The molecule has 0 amide bonds. The molecule has 0 aromatic rings. The third-order valence-corrected chi connectivity index (χ3v) is 2.75. The normalized spacial score (nSPS) is 26.6. The van der Waals surface area contributed by atoms with Crippen LogP contribution in [0.15, 0.2) is 0 Å². The monoisotopic (exact) mass is 202 g/mol. The van der Waals surface area contributed by atoms with Crippen molar-refractivity contribution in [2.45, 2.75) is 6.10 Å². The number of hydrogen-bond acceptors (Lipinski definition) is 4. The molecule has 0 radical (unpaired) electrons. The van der Waals surface area contributed by atoms with E-state index in [1.807, 2.05) is 0 Å². The van der Waals surface area contributed by atoms with E-state index in [0.717, 1.165) is 13.1 Å². The average molecular weight is 202 g/mol. The van der Waals surface area contributed by atoms with E-state index in [1.165, 1.54) is 0 Å². The van der Waals surface area contributed by atoms with Gasteiger partial charge < -0.3 is 4.74 Å². The second-order valence-electron chi connectivity index (χ2n) is 3.07. The number of morpholine rings is 1. The van der Waals surface area contributed by atoms with Gasteiger partial charge in [-0.1, -0.05) is 0 Å². The molecule has 0 bridgehead atoms. The number of ether oxygens (including phenoxy) is 1. The smallest absolute Gasteiger partial charge is 0.156 e. The van der Waals surface area contributed by atoms with Crippen LogP contribution in [-0.2, 0) is 15.5 Å². The summed E-state index contributed by atoms with van der Waals surface area (Å²) in [5.41, 5.74) is 0. The van der Waals surface area contributed by atoms with Crippen LogP contribution < -0.4 is 0 Å². The zero-order valence-electron chi connectivity index (χ0n) is 7.73. The van der Waals surface area contributed by atoms with Gasteiger partial charge in [-0.2, -0.15) is 5.26 Å². The van der Waals surface area contributed by atoms with Crippen LogP contribution in [0.5, 0.6) is 0 Å². The van der Waals surface area contributed by atoms with Crippen molar-refractivity contribution in [3.8, 4) is 6.07 Å². The zero-order valence-corrected chi connectivity index (χ0v) is 8.55. The van der Waals surface area contributed by atoms with Crippen molar-refractivity contribution < 1.29 is 8.95 Å². The van der Waals surface area contributed by atoms with Crippen LogP contribution in [0.25, 0.3) is 0 Å². The van der Waals surface area contributed by atoms with Crippen molar-refractivity contribution in [1.29, 1.82) is 5.26 Å². The molecule has 13 heavy (non-hydrogen) atoms. The highest BCUT2D eigenvalue weighted by Gasteiger charge is 2.19. The zero-order chi connectivity index (χ0) is 9.68. The Morgan fingerprint density at radius 1 is 1.77 bits per heavy atom. The van der Waals surface area contributed by atoms with Gasteiger partial charge in [-0.05, 0) is 0 Å². The highest BCUT2D eigenvalue weighted by molar-refractivity contribution is 7.84. The molecular weight excluding hydrogens is 188 g/mol. The topological polar surface area (TPSA) is 53.3 Å². The molecule has 1 aliphatic heterocycles. The van der Waals surface area contributed by atoms with Crippen LogP contribution in [0.1, 0.15) is 0 Å². The largest absolute Gasteiger partial charge is 0.361 e. The van der Waals surface area contributed by atoms with Gasteiger partial charge in [0.25, 0.3) is 0 Å².